The fourth-order valence-electron chi connectivity index (χ4n) is 3.58. The monoisotopic (exact) mass is 440 g/mol. The van der Waals surface area contributed by atoms with Gasteiger partial charge in [-0.15, -0.1) is 0 Å². The summed E-state index contributed by atoms with van der Waals surface area (Å²) in [6.07, 6.45) is 1.18. The molecule has 0 spiro atoms. The normalized spacial score (nSPS) is 12.5. The average molecular weight is 440 g/mol. The van der Waals surface area contributed by atoms with Crippen LogP contribution in [0.4, 0.5) is 0 Å². The van der Waals surface area contributed by atoms with Gasteiger partial charge in [-0.1, -0.05) is 26.0 Å². The van der Waals surface area contributed by atoms with Crippen molar-refractivity contribution in [3.8, 4) is 5.88 Å². The number of aromatic hydroxyl groups is 1. The number of fused-ring (bicyclic) bond motifs is 1. The van der Waals surface area contributed by atoms with Crippen molar-refractivity contribution in [3.05, 3.63) is 53.0 Å². The Kier molecular flexibility index (Phi) is 6.15. The largest absolute Gasteiger partial charge is 0.493 e. The van der Waals surface area contributed by atoms with Crippen LogP contribution < -0.4 is 5.32 Å². The van der Waals surface area contributed by atoms with Crippen LogP contribution >= 0.6 is 0 Å². The quantitative estimate of drug-likeness (QED) is 0.356. The summed E-state index contributed by atoms with van der Waals surface area (Å²) in [7, 11) is 0. The number of aliphatic carboxylic acids is 2. The molecule has 0 bridgehead atoms. The molecule has 3 aromatic rings. The number of nitrogens with one attached hydrogen (secondary N) is 2. The Bertz CT molecular complexity index is 1180. The lowest BCUT2D eigenvalue weighted by molar-refractivity contribution is -0.140. The summed E-state index contributed by atoms with van der Waals surface area (Å²) in [4.78, 5) is 45.9. The van der Waals surface area contributed by atoms with Crippen molar-refractivity contribution >= 4 is 28.9 Å². The predicted octanol–water partition coefficient (Wildman–Crippen LogP) is 2.35. The van der Waals surface area contributed by atoms with Crippen LogP contribution in [-0.2, 0) is 15.0 Å². The molecule has 1 amide bonds. The van der Waals surface area contributed by atoms with Crippen LogP contribution in [0.5, 0.6) is 5.88 Å². The van der Waals surface area contributed by atoms with Crippen molar-refractivity contribution in [3.63, 3.8) is 0 Å². The van der Waals surface area contributed by atoms with Gasteiger partial charge in [0.1, 0.15) is 17.5 Å². The second kappa shape index (κ2) is 8.66. The van der Waals surface area contributed by atoms with Gasteiger partial charge in [-0.2, -0.15) is 4.98 Å². The number of hydrogen-bond donors (Lipinski definition) is 5. The van der Waals surface area contributed by atoms with Gasteiger partial charge in [-0.05, 0) is 36.6 Å². The molecule has 10 heteroatoms. The van der Waals surface area contributed by atoms with Crippen molar-refractivity contribution in [1.82, 2.24) is 20.3 Å². The maximum Gasteiger partial charge on any atom is 0.326 e. The zero-order valence-electron chi connectivity index (χ0n) is 17.8. The lowest BCUT2D eigenvalue weighted by atomic mass is 9.78. The second-order valence-corrected chi connectivity index (χ2v) is 8.02. The highest BCUT2D eigenvalue weighted by Crippen LogP contribution is 2.38. The number of aryl methyl sites for hydroxylation is 1. The summed E-state index contributed by atoms with van der Waals surface area (Å²) >= 11 is 0. The minimum atomic E-state index is -1.30. The molecule has 1 atom stereocenters. The molecule has 0 radical (unpaired) electrons. The number of benzene rings is 1. The van der Waals surface area contributed by atoms with E-state index in [9.17, 15) is 24.6 Å². The molecule has 10 nitrogen and oxygen atoms in total. The van der Waals surface area contributed by atoms with E-state index < -0.39 is 29.3 Å². The predicted molar refractivity (Wildman–Crippen MR) is 115 cm³/mol. The Morgan fingerprint density at radius 1 is 1.12 bits per heavy atom. The van der Waals surface area contributed by atoms with E-state index in [2.05, 4.69) is 20.3 Å². The summed E-state index contributed by atoms with van der Waals surface area (Å²) in [5, 5.41) is 31.2. The van der Waals surface area contributed by atoms with Crippen LogP contribution in [0.1, 0.15) is 54.0 Å². The molecule has 1 aromatic carbocycles. The van der Waals surface area contributed by atoms with Gasteiger partial charge in [0, 0.05) is 23.6 Å². The van der Waals surface area contributed by atoms with Crippen molar-refractivity contribution in [1.29, 1.82) is 0 Å². The van der Waals surface area contributed by atoms with Gasteiger partial charge < -0.3 is 25.6 Å². The van der Waals surface area contributed by atoms with Crippen LogP contribution in [0.3, 0.4) is 0 Å². The zero-order chi connectivity index (χ0) is 23.6. The molecule has 0 saturated heterocycles. The number of carbonyl (C=O) groups is 3. The number of carbonyl (C=O) groups excluding carboxylic acids is 1. The molecule has 0 unspecified atom stereocenters. The minimum Gasteiger partial charge on any atom is -0.493 e. The molecule has 0 aliphatic heterocycles. The third-order valence-electron chi connectivity index (χ3n) is 5.42. The van der Waals surface area contributed by atoms with Crippen LogP contribution in [0, 0.1) is 6.92 Å². The first kappa shape index (κ1) is 22.7. The summed E-state index contributed by atoms with van der Waals surface area (Å²) in [6, 6.07) is 5.32. The van der Waals surface area contributed by atoms with E-state index in [0.717, 1.165) is 11.1 Å². The fourth-order valence-corrected chi connectivity index (χ4v) is 3.58. The number of carboxylic acid groups (broad SMARTS) is 2. The topological polar surface area (TPSA) is 166 Å². The van der Waals surface area contributed by atoms with Crippen LogP contribution in [0.15, 0.2) is 30.5 Å². The Balaban J connectivity index is 1.84. The van der Waals surface area contributed by atoms with Gasteiger partial charge in [0.2, 0.25) is 5.88 Å². The number of hydrogen-bond acceptors (Lipinski definition) is 6. The molecule has 2 heterocycles. The Hall–Kier alpha value is -3.95. The SMILES string of the molecule is Cc1nc(O)c2c(C(C)(C)c3ccc(C(=O)N[C@@H](CCC(=O)O)C(=O)O)cc3)c[nH]c2n1. The molecule has 3 rings (SSSR count). The second-order valence-electron chi connectivity index (χ2n) is 8.02. The number of carboxylic acids is 2. The lowest BCUT2D eigenvalue weighted by Crippen LogP contribution is -2.41. The van der Waals surface area contributed by atoms with Crippen molar-refractivity contribution in [2.45, 2.75) is 45.1 Å². The minimum absolute atomic E-state index is 0.117. The smallest absolute Gasteiger partial charge is 0.326 e. The Morgan fingerprint density at radius 3 is 2.38 bits per heavy atom. The standard InChI is InChI=1S/C22H24N4O6/c1-11-24-18-17(20(30)25-11)14(10-23-18)22(2,3)13-6-4-12(5-7-13)19(29)26-15(21(31)32)8-9-16(27)28/h4-7,10,15H,8-9H2,1-3H3,(H,26,29)(H,27,28)(H,31,32)(H2,23,24,25,30)/t15-/m0/s1. The summed E-state index contributed by atoms with van der Waals surface area (Å²) in [5.74, 6) is -2.72. The van der Waals surface area contributed by atoms with Gasteiger partial charge in [0.25, 0.3) is 5.91 Å². The van der Waals surface area contributed by atoms with E-state index in [1.54, 1.807) is 37.4 Å². The van der Waals surface area contributed by atoms with Gasteiger partial charge in [-0.3, -0.25) is 9.59 Å². The van der Waals surface area contributed by atoms with Crippen molar-refractivity contribution in [2.24, 2.45) is 0 Å². The molecular weight excluding hydrogens is 416 g/mol. The van der Waals surface area contributed by atoms with E-state index in [-0.39, 0.29) is 24.3 Å². The molecule has 168 valence electrons. The summed E-state index contributed by atoms with van der Waals surface area (Å²) < 4.78 is 0. The van der Waals surface area contributed by atoms with Crippen LogP contribution in [-0.4, -0.2) is 54.2 Å². The van der Waals surface area contributed by atoms with E-state index in [1.807, 2.05) is 13.8 Å². The fraction of sp³-hybridized carbons (Fsp3) is 0.318. The molecule has 5 N–H and O–H groups in total. The van der Waals surface area contributed by atoms with E-state index in [0.29, 0.717) is 16.9 Å². The number of rotatable bonds is 8. The first-order chi connectivity index (χ1) is 15.0. The average Bonchev–Trinajstić information content (AvgIpc) is 3.15. The maximum absolute atomic E-state index is 12.5. The number of amides is 1. The molecule has 0 aliphatic carbocycles. The number of H-pyrrole nitrogens is 1. The highest BCUT2D eigenvalue weighted by atomic mass is 16.4. The van der Waals surface area contributed by atoms with E-state index >= 15 is 0 Å². The molecule has 2 aromatic heterocycles. The summed E-state index contributed by atoms with van der Waals surface area (Å²) in [5.41, 5.74) is 1.81. The molecule has 0 saturated carbocycles. The molecule has 32 heavy (non-hydrogen) atoms. The number of aromatic amines is 1. The van der Waals surface area contributed by atoms with Gasteiger partial charge in [-0.25, -0.2) is 9.78 Å². The highest BCUT2D eigenvalue weighted by Gasteiger charge is 2.29. The van der Waals surface area contributed by atoms with Gasteiger partial charge >= 0.3 is 11.9 Å². The molecular formula is C22H24N4O6. The number of nitrogens with zero attached hydrogens (tertiary/aromatic N) is 2. The highest BCUT2D eigenvalue weighted by molar-refractivity contribution is 5.96. The Morgan fingerprint density at radius 2 is 1.78 bits per heavy atom. The Labute approximate surface area is 183 Å². The molecule has 0 fully saturated rings. The van der Waals surface area contributed by atoms with Crippen molar-refractivity contribution in [2.75, 3.05) is 0 Å². The third-order valence-corrected chi connectivity index (χ3v) is 5.42. The first-order valence-corrected chi connectivity index (χ1v) is 9.92. The van der Waals surface area contributed by atoms with Gasteiger partial charge in [0.05, 0.1) is 5.39 Å². The van der Waals surface area contributed by atoms with E-state index in [1.165, 1.54) is 0 Å². The first-order valence-electron chi connectivity index (χ1n) is 9.92. The van der Waals surface area contributed by atoms with Crippen LogP contribution in [0.2, 0.25) is 0 Å². The van der Waals surface area contributed by atoms with Gasteiger partial charge in [0.15, 0.2) is 0 Å². The maximum atomic E-state index is 12.5. The van der Waals surface area contributed by atoms with Crippen LogP contribution in [0.25, 0.3) is 11.0 Å². The zero-order valence-corrected chi connectivity index (χ0v) is 17.8. The van der Waals surface area contributed by atoms with E-state index in [4.69, 9.17) is 5.11 Å². The van der Waals surface area contributed by atoms with Crippen molar-refractivity contribution < 1.29 is 29.7 Å². The summed E-state index contributed by atoms with van der Waals surface area (Å²) in [6.45, 7) is 5.60. The molecule has 0 aliphatic rings. The number of aromatic nitrogens is 3. The lowest BCUT2D eigenvalue weighted by Gasteiger charge is -2.25. The third kappa shape index (κ3) is 4.53.